The first kappa shape index (κ1) is 4.00. The molecule has 0 amide bonds. The maximum absolute atomic E-state index is 6.26. The van der Waals surface area contributed by atoms with Crippen LogP contribution in [0.4, 0.5) is 0 Å². The van der Waals surface area contributed by atoms with Crippen LogP contribution in [-0.2, 0) is 0 Å². The quantitative estimate of drug-likeness (QED) is 0.418. The van der Waals surface area contributed by atoms with Crippen LogP contribution in [0.2, 0.25) is 0 Å². The molecule has 0 heteroatoms. The third-order valence-corrected chi connectivity index (χ3v) is 0.144. The molecule has 0 N–H and O–H groups in total. The van der Waals surface area contributed by atoms with Crippen molar-refractivity contribution in [1.29, 1.82) is 0 Å². The van der Waals surface area contributed by atoms with Gasteiger partial charge in [0.25, 0.3) is 0 Å². The van der Waals surface area contributed by atoms with Crippen LogP contribution < -0.4 is 0 Å². The van der Waals surface area contributed by atoms with Gasteiger partial charge in [-0.25, -0.2) is 0 Å². The lowest BCUT2D eigenvalue weighted by Gasteiger charge is -1.65. The van der Waals surface area contributed by atoms with E-state index in [0.29, 0.717) is 6.42 Å². The molecule has 0 atom stereocenters. The van der Waals surface area contributed by atoms with Crippen LogP contribution >= 0.6 is 0 Å². The molecule has 5 radical (unpaired) electrons. The fourth-order valence-corrected chi connectivity index (χ4v) is 0. The highest BCUT2D eigenvalue weighted by Crippen LogP contribution is 1.72. The summed E-state index contributed by atoms with van der Waals surface area (Å²) in [5, 5.41) is 0. The number of rotatable bonds is 1. The van der Waals surface area contributed by atoms with E-state index < -0.39 is 0 Å². The Hall–Kier alpha value is 0. The van der Waals surface area contributed by atoms with E-state index in [2.05, 4.69) is 6.92 Å². The summed E-state index contributed by atoms with van der Waals surface area (Å²) in [4.78, 5) is 0. The van der Waals surface area contributed by atoms with Crippen LogP contribution in [0.3, 0.4) is 0 Å². The minimum absolute atomic E-state index is 0.611. The normalized spacial score (nSPS) is 7.50. The first-order valence-electron chi connectivity index (χ1n) is 1.20. The van der Waals surface area contributed by atoms with Crippen LogP contribution in [0.5, 0.6) is 0 Å². The van der Waals surface area contributed by atoms with Crippen LogP contribution in [0.25, 0.3) is 0 Å². The monoisotopic (exact) mass is 53.0 g/mol. The lowest BCUT2D eigenvalue weighted by molar-refractivity contribution is 1.29. The summed E-state index contributed by atoms with van der Waals surface area (Å²) in [7, 11) is 0. The first-order chi connectivity index (χ1) is 1.91. The van der Waals surface area contributed by atoms with Crippen molar-refractivity contribution in [2.45, 2.75) is 6.42 Å². The van der Waals surface area contributed by atoms with Crippen molar-refractivity contribution in [3.05, 3.63) is 20.3 Å². The molecule has 0 nitrogen and oxygen atoms in total. The Balaban J connectivity index is 1.97. The van der Waals surface area contributed by atoms with Gasteiger partial charge in [0.2, 0.25) is 0 Å². The van der Waals surface area contributed by atoms with Gasteiger partial charge in [0.05, 0.1) is 0 Å². The summed E-state index contributed by atoms with van der Waals surface area (Å²) in [6.07, 6.45) is 1.88. The smallest absolute Gasteiger partial charge is 0.00536 e. The molecule has 0 unspecified atom stereocenters. The van der Waals surface area contributed by atoms with Gasteiger partial charge in [-0.2, -0.15) is 0 Å². The minimum atomic E-state index is 0.611. The molecule has 4 heavy (non-hydrogen) atoms. The molecule has 0 aliphatic rings. The third-order valence-electron chi connectivity index (χ3n) is 0.144. The zero-order chi connectivity index (χ0) is 3.41. The zero-order valence-electron chi connectivity index (χ0n) is 2.49. The van der Waals surface area contributed by atoms with Gasteiger partial charge in [0.15, 0.2) is 0 Å². The van der Waals surface area contributed by atoms with Gasteiger partial charge in [0.1, 0.15) is 0 Å². The Bertz CT molecular complexity index is 2.00. The van der Waals surface area contributed by atoms with Crippen molar-refractivity contribution in [3.8, 4) is 0 Å². The number of hydrogen-bond donors (Lipinski definition) is 0. The fraction of sp³-hybridized carbons (Fsp3) is 0.250. The predicted octanol–water partition coefficient (Wildman–Crippen LogP) is 1.00. The highest BCUT2D eigenvalue weighted by molar-refractivity contribution is 4.65. The molecule has 0 heterocycles. The second kappa shape index (κ2) is 3.00. The summed E-state index contributed by atoms with van der Waals surface area (Å²) < 4.78 is 0. The Morgan fingerprint density at radius 2 is 2.25 bits per heavy atom. The Kier molecular flexibility index (Phi) is 3.00. The average molecular weight is 53.1 g/mol. The van der Waals surface area contributed by atoms with E-state index in [1.807, 2.05) is 0 Å². The molecule has 0 aromatic carbocycles. The molecule has 0 aromatic rings. The summed E-state index contributed by atoms with van der Waals surface area (Å²) in [5.41, 5.74) is 0. The molecule has 0 aliphatic heterocycles. The summed E-state index contributed by atoms with van der Waals surface area (Å²) in [6.45, 7) is 9.62. The second-order valence-corrected chi connectivity index (χ2v) is 0.493. The third kappa shape index (κ3) is 2.00. The maximum atomic E-state index is 6.26. The topological polar surface area (TPSA) is 0 Å². The van der Waals surface area contributed by atoms with Crippen molar-refractivity contribution in [2.24, 2.45) is 0 Å². The van der Waals surface area contributed by atoms with E-state index in [1.54, 1.807) is 0 Å². The van der Waals surface area contributed by atoms with Crippen molar-refractivity contribution in [2.75, 3.05) is 0 Å². The Labute approximate surface area is 27.8 Å². The van der Waals surface area contributed by atoms with E-state index in [0.717, 1.165) is 0 Å². The number of hydrogen-bond acceptors (Lipinski definition) is 0. The van der Waals surface area contributed by atoms with E-state index in [-0.39, 0.29) is 0 Å². The van der Waals surface area contributed by atoms with E-state index in [1.165, 1.54) is 6.42 Å². The Morgan fingerprint density at radius 1 is 2.00 bits per heavy atom. The molecule has 0 spiro atoms. The molecule has 0 saturated heterocycles. The SMILES string of the molecule is [C][CH]C[CH2]. The molecule has 0 aliphatic carbocycles. The van der Waals surface area contributed by atoms with Crippen LogP contribution in [0, 0.1) is 20.3 Å². The summed E-state index contributed by atoms with van der Waals surface area (Å²) >= 11 is 0. The van der Waals surface area contributed by atoms with Crippen molar-refractivity contribution >= 4 is 0 Å². The number of unbranched alkanes of at least 4 members (excludes halogenated alkanes) is 1. The van der Waals surface area contributed by atoms with Gasteiger partial charge in [-0.05, 0) is 19.8 Å². The molecule has 0 saturated carbocycles. The molecule has 0 bridgehead atoms. The van der Waals surface area contributed by atoms with Gasteiger partial charge in [-0.15, -0.1) is 0 Å². The predicted molar refractivity (Wildman–Crippen MR) is 17.5 cm³/mol. The lowest BCUT2D eigenvalue weighted by atomic mass is 10.4. The highest BCUT2D eigenvalue weighted by Gasteiger charge is 1.58. The van der Waals surface area contributed by atoms with Crippen molar-refractivity contribution < 1.29 is 0 Å². The maximum Gasteiger partial charge on any atom is -0.00536 e. The van der Waals surface area contributed by atoms with Crippen molar-refractivity contribution in [3.63, 3.8) is 0 Å². The first-order valence-corrected chi connectivity index (χ1v) is 1.20. The lowest BCUT2D eigenvalue weighted by Crippen LogP contribution is -1.51. The highest BCUT2D eigenvalue weighted by atomic mass is 13.6. The van der Waals surface area contributed by atoms with Crippen LogP contribution in [0.1, 0.15) is 6.42 Å². The minimum Gasteiger partial charge on any atom is -0.0530 e. The van der Waals surface area contributed by atoms with Gasteiger partial charge in [0, 0.05) is 0 Å². The standard InChI is InChI=1S/C4H5/c1-3-4-2/h4H,1,3H2. The van der Waals surface area contributed by atoms with Gasteiger partial charge >= 0.3 is 0 Å². The van der Waals surface area contributed by atoms with Crippen molar-refractivity contribution in [1.82, 2.24) is 0 Å². The molecule has 0 fully saturated rings. The summed E-state index contributed by atoms with van der Waals surface area (Å²) in [5.74, 6) is 0. The van der Waals surface area contributed by atoms with E-state index in [4.69, 9.17) is 6.92 Å². The largest absolute Gasteiger partial charge is 0.0530 e. The van der Waals surface area contributed by atoms with Crippen LogP contribution in [0.15, 0.2) is 0 Å². The van der Waals surface area contributed by atoms with Gasteiger partial charge in [-0.1, -0.05) is 6.92 Å². The van der Waals surface area contributed by atoms with Gasteiger partial charge < -0.3 is 0 Å². The molecular weight excluding hydrogens is 48.0 g/mol. The molecule has 0 aromatic heterocycles. The summed E-state index contributed by atoms with van der Waals surface area (Å²) in [6, 6.07) is 0. The van der Waals surface area contributed by atoms with E-state index in [9.17, 15) is 0 Å². The average Bonchev–Trinajstić information content (AvgIpc) is 1.37. The Morgan fingerprint density at radius 3 is 2.25 bits per heavy atom. The van der Waals surface area contributed by atoms with Gasteiger partial charge in [-0.3, -0.25) is 0 Å². The fourth-order valence-electron chi connectivity index (χ4n) is 0. The zero-order valence-corrected chi connectivity index (χ0v) is 2.49. The van der Waals surface area contributed by atoms with E-state index >= 15 is 0 Å². The van der Waals surface area contributed by atoms with Crippen LogP contribution in [-0.4, -0.2) is 0 Å². The molecule has 0 rings (SSSR count). The molecule has 21 valence electrons. The molecular formula is C4H5. The second-order valence-electron chi connectivity index (χ2n) is 0.493.